The topological polar surface area (TPSA) is 76.6 Å². The molecule has 1 saturated heterocycles. The molecular formula is C20H28N8O. The Kier molecular flexibility index (Phi) is 4.32. The smallest absolute Gasteiger partial charge is 0.178 e. The number of imidazole rings is 1. The van der Waals surface area contributed by atoms with Crippen LogP contribution in [0.4, 0.5) is 5.82 Å². The van der Waals surface area contributed by atoms with Crippen LogP contribution in [0.5, 0.6) is 0 Å². The molecular weight excluding hydrogens is 368 g/mol. The molecule has 3 aromatic heterocycles. The fraction of sp³-hybridized carbons (Fsp3) is 0.600. The molecule has 0 saturated carbocycles. The Bertz CT molecular complexity index is 1030. The first-order valence-corrected chi connectivity index (χ1v) is 10.2. The van der Waals surface area contributed by atoms with Gasteiger partial charge < -0.3 is 14.2 Å². The third kappa shape index (κ3) is 3.28. The number of likely N-dealkylation sites (N-methyl/N-ethyl adjacent to an activating group) is 1. The first-order chi connectivity index (χ1) is 13.9. The number of fused-ring (bicyclic) bond motifs is 2. The Labute approximate surface area is 170 Å². The highest BCUT2D eigenvalue weighted by Crippen LogP contribution is 2.25. The zero-order valence-corrected chi connectivity index (χ0v) is 17.5. The molecule has 3 aromatic rings. The number of hydrogen-bond acceptors (Lipinski definition) is 7. The van der Waals surface area contributed by atoms with Crippen LogP contribution in [0.25, 0.3) is 5.65 Å². The van der Waals surface area contributed by atoms with Gasteiger partial charge in [-0.15, -0.1) is 15.3 Å². The summed E-state index contributed by atoms with van der Waals surface area (Å²) in [5.74, 6) is 2.90. The molecule has 2 aliphatic heterocycles. The van der Waals surface area contributed by atoms with E-state index < -0.39 is 0 Å². The average molecular weight is 396 g/mol. The summed E-state index contributed by atoms with van der Waals surface area (Å²) in [6.07, 6.45) is 1.99. The Balaban J connectivity index is 1.26. The van der Waals surface area contributed by atoms with E-state index in [0.29, 0.717) is 12.6 Å². The zero-order valence-electron chi connectivity index (χ0n) is 17.5. The Hall–Kier alpha value is -2.52. The van der Waals surface area contributed by atoms with E-state index in [2.05, 4.69) is 57.4 Å². The summed E-state index contributed by atoms with van der Waals surface area (Å²) in [4.78, 5) is 9.23. The summed E-state index contributed by atoms with van der Waals surface area (Å²) in [5.41, 5.74) is 1.96. The maximum atomic E-state index is 5.49. The Morgan fingerprint density at radius 2 is 2.03 bits per heavy atom. The second-order valence-electron chi connectivity index (χ2n) is 9.08. The number of hydrogen-bond donors (Lipinski definition) is 0. The van der Waals surface area contributed by atoms with Gasteiger partial charge in [0.1, 0.15) is 18.2 Å². The summed E-state index contributed by atoms with van der Waals surface area (Å²) in [5, 5.41) is 13.4. The molecule has 0 spiro atoms. The maximum Gasteiger partial charge on any atom is 0.178 e. The fourth-order valence-electron chi connectivity index (χ4n) is 4.01. The molecule has 29 heavy (non-hydrogen) atoms. The van der Waals surface area contributed by atoms with Crippen molar-refractivity contribution in [1.29, 1.82) is 0 Å². The summed E-state index contributed by atoms with van der Waals surface area (Å²) >= 11 is 0. The molecule has 0 aliphatic carbocycles. The van der Waals surface area contributed by atoms with Gasteiger partial charge in [0.2, 0.25) is 0 Å². The van der Waals surface area contributed by atoms with Crippen LogP contribution in [0.2, 0.25) is 0 Å². The summed E-state index contributed by atoms with van der Waals surface area (Å²) in [7, 11) is 2.19. The Morgan fingerprint density at radius 1 is 1.21 bits per heavy atom. The lowest BCUT2D eigenvalue weighted by molar-refractivity contribution is 0.0791. The SMILES string of the molecule is CN(Cc1cnc2n1CCOC2)C1CN(c2ccc3nnc(C(C)(C)C)n3n2)C1. The lowest BCUT2D eigenvalue weighted by atomic mass is 9.96. The zero-order chi connectivity index (χ0) is 20.2. The fourth-order valence-corrected chi connectivity index (χ4v) is 4.01. The van der Waals surface area contributed by atoms with Gasteiger partial charge in [-0.05, 0) is 19.2 Å². The standard InChI is InChI=1S/C20H28N8O/c1-20(2,3)19-23-22-16-5-6-17(24-28(16)19)26-11-15(12-26)25(4)10-14-9-21-18-13-29-8-7-27(14)18/h5-6,9,15H,7-8,10-13H2,1-4H3. The second-order valence-corrected chi connectivity index (χ2v) is 9.08. The second kappa shape index (κ2) is 6.77. The van der Waals surface area contributed by atoms with Gasteiger partial charge >= 0.3 is 0 Å². The molecule has 0 bridgehead atoms. The molecule has 0 aromatic carbocycles. The Morgan fingerprint density at radius 3 is 2.83 bits per heavy atom. The molecule has 1 fully saturated rings. The number of anilines is 1. The lowest BCUT2D eigenvalue weighted by Gasteiger charge is -2.44. The van der Waals surface area contributed by atoms with Gasteiger partial charge in [-0.3, -0.25) is 4.90 Å². The van der Waals surface area contributed by atoms with E-state index >= 15 is 0 Å². The van der Waals surface area contributed by atoms with Gasteiger partial charge in [-0.1, -0.05) is 20.8 Å². The van der Waals surface area contributed by atoms with E-state index in [1.54, 1.807) is 0 Å². The monoisotopic (exact) mass is 396 g/mol. The number of rotatable bonds is 4. The molecule has 5 rings (SSSR count). The van der Waals surface area contributed by atoms with Gasteiger partial charge in [0.05, 0.1) is 12.3 Å². The van der Waals surface area contributed by atoms with Crippen molar-refractivity contribution >= 4 is 11.5 Å². The van der Waals surface area contributed by atoms with E-state index in [1.165, 1.54) is 5.69 Å². The molecule has 2 aliphatic rings. The van der Waals surface area contributed by atoms with Crippen molar-refractivity contribution in [2.24, 2.45) is 0 Å². The van der Waals surface area contributed by atoms with E-state index in [4.69, 9.17) is 9.84 Å². The number of ether oxygens (including phenoxy) is 1. The highest BCUT2D eigenvalue weighted by atomic mass is 16.5. The third-order valence-corrected chi connectivity index (χ3v) is 5.85. The largest absolute Gasteiger partial charge is 0.372 e. The van der Waals surface area contributed by atoms with Crippen molar-refractivity contribution in [2.45, 2.75) is 51.9 Å². The van der Waals surface area contributed by atoms with E-state index in [9.17, 15) is 0 Å². The molecule has 5 heterocycles. The van der Waals surface area contributed by atoms with Gasteiger partial charge in [-0.2, -0.15) is 4.52 Å². The third-order valence-electron chi connectivity index (χ3n) is 5.85. The van der Waals surface area contributed by atoms with Crippen LogP contribution in [-0.4, -0.2) is 67.0 Å². The molecule has 9 heteroatoms. The van der Waals surface area contributed by atoms with Crippen molar-refractivity contribution < 1.29 is 4.74 Å². The first kappa shape index (κ1) is 18.5. The van der Waals surface area contributed by atoms with Crippen LogP contribution >= 0.6 is 0 Å². The van der Waals surface area contributed by atoms with Crippen LogP contribution in [0.3, 0.4) is 0 Å². The summed E-state index contributed by atoms with van der Waals surface area (Å²) in [6, 6.07) is 4.55. The molecule has 0 N–H and O–H groups in total. The van der Waals surface area contributed by atoms with Crippen LogP contribution < -0.4 is 4.90 Å². The molecule has 0 atom stereocenters. The minimum Gasteiger partial charge on any atom is -0.372 e. The predicted octanol–water partition coefficient (Wildman–Crippen LogP) is 1.47. The predicted molar refractivity (Wildman–Crippen MR) is 109 cm³/mol. The van der Waals surface area contributed by atoms with Crippen molar-refractivity contribution in [3.63, 3.8) is 0 Å². The summed E-state index contributed by atoms with van der Waals surface area (Å²) < 4.78 is 9.67. The van der Waals surface area contributed by atoms with Gasteiger partial charge in [0.25, 0.3) is 0 Å². The van der Waals surface area contributed by atoms with Gasteiger partial charge in [-0.25, -0.2) is 4.98 Å². The maximum absolute atomic E-state index is 5.49. The van der Waals surface area contributed by atoms with E-state index in [0.717, 1.165) is 55.9 Å². The average Bonchev–Trinajstić information content (AvgIpc) is 3.24. The van der Waals surface area contributed by atoms with Crippen LogP contribution in [-0.2, 0) is 29.8 Å². The van der Waals surface area contributed by atoms with Crippen molar-refractivity contribution in [2.75, 3.05) is 31.6 Å². The van der Waals surface area contributed by atoms with Gasteiger partial charge in [0, 0.05) is 43.8 Å². The quantitative estimate of drug-likeness (QED) is 0.661. The molecule has 0 unspecified atom stereocenters. The minimum absolute atomic E-state index is 0.0990. The van der Waals surface area contributed by atoms with Crippen LogP contribution in [0, 0.1) is 0 Å². The lowest BCUT2D eigenvalue weighted by Crippen LogP contribution is -2.58. The van der Waals surface area contributed by atoms with Crippen molar-refractivity contribution in [1.82, 2.24) is 34.3 Å². The first-order valence-electron chi connectivity index (χ1n) is 10.2. The molecule has 0 amide bonds. The number of aromatic nitrogens is 6. The normalized spacial score (nSPS) is 17.8. The molecule has 0 radical (unpaired) electrons. The highest BCUT2D eigenvalue weighted by Gasteiger charge is 2.32. The molecule has 154 valence electrons. The van der Waals surface area contributed by atoms with E-state index in [-0.39, 0.29) is 5.41 Å². The van der Waals surface area contributed by atoms with Crippen molar-refractivity contribution in [3.8, 4) is 0 Å². The number of nitrogens with zero attached hydrogens (tertiary/aromatic N) is 8. The van der Waals surface area contributed by atoms with E-state index in [1.807, 2.05) is 22.8 Å². The van der Waals surface area contributed by atoms with Crippen LogP contribution in [0.1, 0.15) is 38.1 Å². The summed E-state index contributed by atoms with van der Waals surface area (Å²) in [6.45, 7) is 11.5. The van der Waals surface area contributed by atoms with Crippen molar-refractivity contribution in [3.05, 3.63) is 35.7 Å². The minimum atomic E-state index is -0.0990. The van der Waals surface area contributed by atoms with Crippen LogP contribution in [0.15, 0.2) is 18.3 Å². The van der Waals surface area contributed by atoms with Gasteiger partial charge in [0.15, 0.2) is 11.5 Å². The highest BCUT2D eigenvalue weighted by molar-refractivity contribution is 5.48. The molecule has 9 nitrogen and oxygen atoms in total.